The fourth-order valence-electron chi connectivity index (χ4n) is 4.62. The molecule has 0 fully saturated rings. The lowest BCUT2D eigenvalue weighted by Crippen LogP contribution is -2.40. The van der Waals surface area contributed by atoms with E-state index in [2.05, 4.69) is 15.9 Å². The minimum Gasteiger partial charge on any atom is -0.493 e. The number of ether oxygens (including phenoxy) is 3. The van der Waals surface area contributed by atoms with Crippen molar-refractivity contribution in [2.75, 3.05) is 13.7 Å². The van der Waals surface area contributed by atoms with Crippen molar-refractivity contribution in [3.8, 4) is 11.5 Å². The van der Waals surface area contributed by atoms with Crippen molar-refractivity contribution in [1.82, 2.24) is 4.57 Å². The van der Waals surface area contributed by atoms with Crippen LogP contribution in [-0.2, 0) is 14.3 Å². The Morgan fingerprint density at radius 1 is 1.12 bits per heavy atom. The summed E-state index contributed by atoms with van der Waals surface area (Å²) in [6.45, 7) is 3.10. The SMILES string of the molecule is CCOC(=O)C1=C(c2ccccc2)N=c2s/c(=C\c3cc(Br)c(OC(C)=O)c(OC)c3)c(=O)n2[C@@H]1c1ccc(F)cc1. The van der Waals surface area contributed by atoms with Crippen molar-refractivity contribution in [3.63, 3.8) is 0 Å². The Morgan fingerprint density at radius 3 is 2.48 bits per heavy atom. The van der Waals surface area contributed by atoms with E-state index in [-0.39, 0.29) is 17.9 Å². The van der Waals surface area contributed by atoms with Crippen molar-refractivity contribution in [1.29, 1.82) is 0 Å². The molecule has 1 aliphatic rings. The second-order valence-electron chi connectivity index (χ2n) is 9.11. The number of benzene rings is 3. The second kappa shape index (κ2) is 12.3. The maximum Gasteiger partial charge on any atom is 0.338 e. The Labute approximate surface area is 252 Å². The fourth-order valence-corrected chi connectivity index (χ4v) is 6.16. The number of nitrogens with zero attached hydrogens (tertiary/aromatic N) is 2. The molecule has 214 valence electrons. The van der Waals surface area contributed by atoms with E-state index < -0.39 is 29.4 Å². The van der Waals surface area contributed by atoms with Gasteiger partial charge >= 0.3 is 11.9 Å². The number of halogens is 2. The summed E-state index contributed by atoms with van der Waals surface area (Å²) in [7, 11) is 1.44. The van der Waals surface area contributed by atoms with Gasteiger partial charge in [0, 0.05) is 12.5 Å². The third-order valence-electron chi connectivity index (χ3n) is 6.35. The van der Waals surface area contributed by atoms with E-state index in [0.29, 0.717) is 41.9 Å². The molecule has 1 atom stereocenters. The first-order valence-corrected chi connectivity index (χ1v) is 14.4. The number of carbonyl (C=O) groups excluding carboxylic acids is 2. The van der Waals surface area contributed by atoms with Crippen molar-refractivity contribution in [2.24, 2.45) is 4.99 Å². The third kappa shape index (κ3) is 5.70. The lowest BCUT2D eigenvalue weighted by molar-refractivity contribution is -0.139. The zero-order valence-electron chi connectivity index (χ0n) is 22.7. The van der Waals surface area contributed by atoms with Gasteiger partial charge in [0.05, 0.1) is 40.0 Å². The van der Waals surface area contributed by atoms with Crippen molar-refractivity contribution < 1.29 is 28.2 Å². The normalized spacial score (nSPS) is 14.7. The molecule has 11 heteroatoms. The van der Waals surface area contributed by atoms with Gasteiger partial charge in [-0.15, -0.1) is 0 Å². The van der Waals surface area contributed by atoms with E-state index in [0.717, 1.165) is 11.3 Å². The molecule has 2 heterocycles. The number of rotatable bonds is 7. The standard InChI is InChI=1S/C31H24BrFN2O6S/c1-4-40-30(38)25-26(19-8-6-5-7-9-19)34-31-35(27(25)20-10-12-21(33)13-11-20)29(37)24(42-31)16-18-14-22(32)28(41-17(2)36)23(15-18)39-3/h5-16,27H,4H2,1-3H3/b24-16-/t27-/m1/s1. The average Bonchev–Trinajstić information content (AvgIpc) is 3.28. The molecule has 4 aromatic rings. The van der Waals surface area contributed by atoms with Crippen LogP contribution in [0, 0.1) is 5.82 Å². The van der Waals surface area contributed by atoms with Crippen LogP contribution in [0.1, 0.15) is 36.6 Å². The molecule has 42 heavy (non-hydrogen) atoms. The molecular weight excluding hydrogens is 627 g/mol. The van der Waals surface area contributed by atoms with Gasteiger partial charge in [-0.1, -0.05) is 53.8 Å². The van der Waals surface area contributed by atoms with Crippen LogP contribution in [0.4, 0.5) is 4.39 Å². The van der Waals surface area contributed by atoms with Gasteiger partial charge in [-0.25, -0.2) is 14.2 Å². The van der Waals surface area contributed by atoms with E-state index >= 15 is 0 Å². The highest BCUT2D eigenvalue weighted by atomic mass is 79.9. The van der Waals surface area contributed by atoms with E-state index in [1.54, 1.807) is 37.3 Å². The Bertz CT molecular complexity index is 1900. The van der Waals surface area contributed by atoms with Gasteiger partial charge in [-0.05, 0) is 64.3 Å². The number of esters is 2. The van der Waals surface area contributed by atoms with E-state index in [1.807, 2.05) is 30.3 Å². The maximum absolute atomic E-state index is 14.0. The van der Waals surface area contributed by atoms with Gasteiger partial charge in [0.2, 0.25) is 0 Å². The summed E-state index contributed by atoms with van der Waals surface area (Å²) >= 11 is 4.55. The molecule has 0 saturated heterocycles. The van der Waals surface area contributed by atoms with Gasteiger partial charge in [0.15, 0.2) is 16.3 Å². The molecule has 0 amide bonds. The molecule has 8 nitrogen and oxygen atoms in total. The molecule has 5 rings (SSSR count). The van der Waals surface area contributed by atoms with Crippen LogP contribution >= 0.6 is 27.3 Å². The van der Waals surface area contributed by atoms with Crippen LogP contribution in [0.2, 0.25) is 0 Å². The number of hydrogen-bond acceptors (Lipinski definition) is 8. The van der Waals surface area contributed by atoms with Gasteiger partial charge in [-0.2, -0.15) is 0 Å². The summed E-state index contributed by atoms with van der Waals surface area (Å²) < 4.78 is 32.3. The summed E-state index contributed by atoms with van der Waals surface area (Å²) in [4.78, 5) is 44.2. The lowest BCUT2D eigenvalue weighted by Gasteiger charge is -2.25. The minimum atomic E-state index is -0.925. The zero-order valence-corrected chi connectivity index (χ0v) is 25.1. The monoisotopic (exact) mass is 650 g/mol. The van der Waals surface area contributed by atoms with Gasteiger partial charge < -0.3 is 14.2 Å². The molecule has 1 aromatic heterocycles. The number of fused-ring (bicyclic) bond motifs is 1. The zero-order chi connectivity index (χ0) is 30.0. The van der Waals surface area contributed by atoms with Gasteiger partial charge in [-0.3, -0.25) is 14.2 Å². The largest absolute Gasteiger partial charge is 0.493 e. The quantitative estimate of drug-likeness (QED) is 0.211. The first-order valence-electron chi connectivity index (χ1n) is 12.8. The molecule has 0 unspecified atom stereocenters. The fraction of sp³-hybridized carbons (Fsp3) is 0.161. The highest BCUT2D eigenvalue weighted by molar-refractivity contribution is 9.10. The first kappa shape index (κ1) is 29.2. The Morgan fingerprint density at radius 2 is 1.83 bits per heavy atom. The molecule has 0 saturated carbocycles. The van der Waals surface area contributed by atoms with Gasteiger partial charge in [0.1, 0.15) is 5.82 Å². The molecule has 0 bridgehead atoms. The Hall–Kier alpha value is -4.35. The summed E-state index contributed by atoms with van der Waals surface area (Å²) in [6.07, 6.45) is 1.66. The Kier molecular flexibility index (Phi) is 8.51. The van der Waals surface area contributed by atoms with Crippen molar-refractivity contribution in [2.45, 2.75) is 19.9 Å². The van der Waals surface area contributed by atoms with Crippen LogP contribution in [-0.4, -0.2) is 30.2 Å². The molecule has 0 N–H and O–H groups in total. The molecule has 1 aliphatic heterocycles. The molecule has 0 aliphatic carbocycles. The second-order valence-corrected chi connectivity index (χ2v) is 11.0. The van der Waals surface area contributed by atoms with E-state index in [9.17, 15) is 18.8 Å². The van der Waals surface area contributed by atoms with Crippen LogP contribution in [0.3, 0.4) is 0 Å². The number of aromatic nitrogens is 1. The predicted molar refractivity (Wildman–Crippen MR) is 159 cm³/mol. The maximum atomic E-state index is 14.0. The van der Waals surface area contributed by atoms with Crippen molar-refractivity contribution in [3.05, 3.63) is 119 Å². The van der Waals surface area contributed by atoms with Gasteiger partial charge in [0.25, 0.3) is 5.56 Å². The Balaban J connectivity index is 1.78. The predicted octanol–water partition coefficient (Wildman–Crippen LogP) is 4.77. The molecule has 0 radical (unpaired) electrons. The molecule has 0 spiro atoms. The summed E-state index contributed by atoms with van der Waals surface area (Å²) in [5.74, 6) is -1.08. The first-order chi connectivity index (χ1) is 20.2. The van der Waals surface area contributed by atoms with Crippen LogP contribution in [0.15, 0.2) is 86.6 Å². The average molecular weight is 652 g/mol. The van der Waals surface area contributed by atoms with Crippen LogP contribution in [0.25, 0.3) is 11.8 Å². The van der Waals surface area contributed by atoms with Crippen LogP contribution < -0.4 is 24.4 Å². The van der Waals surface area contributed by atoms with E-state index in [4.69, 9.17) is 19.2 Å². The highest BCUT2D eigenvalue weighted by Gasteiger charge is 2.35. The topological polar surface area (TPSA) is 96.2 Å². The number of thiazole rings is 1. The van der Waals surface area contributed by atoms with Crippen LogP contribution in [0.5, 0.6) is 11.5 Å². The summed E-state index contributed by atoms with van der Waals surface area (Å²) in [5.41, 5.74) is 1.91. The molecular formula is C31H24BrFN2O6S. The summed E-state index contributed by atoms with van der Waals surface area (Å²) in [6, 6.07) is 17.2. The van der Waals surface area contributed by atoms with Crippen molar-refractivity contribution >= 4 is 51.0 Å². The molecule has 3 aromatic carbocycles. The smallest absolute Gasteiger partial charge is 0.338 e. The third-order valence-corrected chi connectivity index (χ3v) is 7.93. The highest BCUT2D eigenvalue weighted by Crippen LogP contribution is 2.37. The summed E-state index contributed by atoms with van der Waals surface area (Å²) in [5, 5.41) is 0. The minimum absolute atomic E-state index is 0.116. The lowest BCUT2D eigenvalue weighted by atomic mass is 9.93. The number of hydrogen-bond donors (Lipinski definition) is 0. The number of methoxy groups -OCH3 is 1. The van der Waals surface area contributed by atoms with E-state index in [1.165, 1.54) is 30.7 Å². The number of carbonyl (C=O) groups is 2.